The van der Waals surface area contributed by atoms with Crippen LogP contribution in [0.5, 0.6) is 0 Å². The maximum atomic E-state index is 13.7. The minimum atomic E-state index is -0.582. The van der Waals surface area contributed by atoms with Gasteiger partial charge in [0.25, 0.3) is 0 Å². The average Bonchev–Trinajstić information content (AvgIpc) is 3.25. The molecule has 0 aliphatic carbocycles. The van der Waals surface area contributed by atoms with E-state index in [9.17, 15) is 9.18 Å². The van der Waals surface area contributed by atoms with Gasteiger partial charge < -0.3 is 9.88 Å². The van der Waals surface area contributed by atoms with Gasteiger partial charge in [-0.15, -0.1) is 5.10 Å². The Bertz CT molecular complexity index is 1300. The number of benzene rings is 2. The molecular weight excluding hydrogens is 383 g/mol. The summed E-state index contributed by atoms with van der Waals surface area (Å²) in [7, 11) is 1.98. The molecule has 4 rings (SSSR count). The number of hydrogen-bond acceptors (Lipinski definition) is 4. The standard InChI is InChI=1S/C22H19FN6O/c1-14-12-28(2)20-8-15(4-6-18(14)20)9-22(30)26-21-11-25-29(27-21)13-16-3-5-17(10-24)19(23)7-16/h3-8,11-12H,9,13H2,1-2H3,(H,26,27,30). The molecule has 7 nitrogen and oxygen atoms in total. The highest BCUT2D eigenvalue weighted by Crippen LogP contribution is 2.21. The van der Waals surface area contributed by atoms with Gasteiger partial charge in [-0.2, -0.15) is 15.2 Å². The summed E-state index contributed by atoms with van der Waals surface area (Å²) in [6.45, 7) is 2.28. The number of hydrogen-bond donors (Lipinski definition) is 1. The predicted octanol–water partition coefficient (Wildman–Crippen LogP) is 3.32. The fraction of sp³-hybridized carbons (Fsp3) is 0.182. The lowest BCUT2D eigenvalue weighted by Crippen LogP contribution is -2.15. The first-order valence-corrected chi connectivity index (χ1v) is 9.36. The molecule has 0 saturated heterocycles. The molecule has 0 aliphatic rings. The second kappa shape index (κ2) is 7.79. The summed E-state index contributed by atoms with van der Waals surface area (Å²) in [6, 6.07) is 12.1. The van der Waals surface area contributed by atoms with Gasteiger partial charge in [-0.3, -0.25) is 4.79 Å². The highest BCUT2D eigenvalue weighted by atomic mass is 19.1. The van der Waals surface area contributed by atoms with Crippen molar-refractivity contribution >= 4 is 22.6 Å². The lowest BCUT2D eigenvalue weighted by Gasteiger charge is -2.04. The molecule has 2 aromatic heterocycles. The Morgan fingerprint density at radius 2 is 2.03 bits per heavy atom. The van der Waals surface area contributed by atoms with E-state index in [1.807, 2.05) is 29.8 Å². The summed E-state index contributed by atoms with van der Waals surface area (Å²) in [6.07, 6.45) is 3.72. The molecule has 2 heterocycles. The molecule has 2 aromatic carbocycles. The molecule has 0 bridgehead atoms. The van der Waals surface area contributed by atoms with Crippen molar-refractivity contribution in [1.29, 1.82) is 5.26 Å². The van der Waals surface area contributed by atoms with Crippen LogP contribution in [0.15, 0.2) is 48.8 Å². The van der Waals surface area contributed by atoms with Crippen molar-refractivity contribution in [2.24, 2.45) is 7.05 Å². The van der Waals surface area contributed by atoms with Crippen molar-refractivity contribution in [2.75, 3.05) is 5.32 Å². The molecule has 4 aromatic rings. The van der Waals surface area contributed by atoms with Crippen LogP contribution in [0.1, 0.15) is 22.3 Å². The first kappa shape index (κ1) is 19.3. The maximum Gasteiger partial charge on any atom is 0.230 e. The van der Waals surface area contributed by atoms with Crippen LogP contribution in [-0.2, 0) is 24.8 Å². The number of rotatable bonds is 5. The number of nitriles is 1. The molecule has 1 N–H and O–H groups in total. The molecule has 0 unspecified atom stereocenters. The summed E-state index contributed by atoms with van der Waals surface area (Å²) >= 11 is 0. The second-order valence-electron chi connectivity index (χ2n) is 7.19. The number of fused-ring (bicyclic) bond motifs is 1. The minimum Gasteiger partial charge on any atom is -0.350 e. The molecule has 0 fully saturated rings. The van der Waals surface area contributed by atoms with Crippen molar-refractivity contribution < 1.29 is 9.18 Å². The fourth-order valence-electron chi connectivity index (χ4n) is 3.46. The summed E-state index contributed by atoms with van der Waals surface area (Å²) in [5.74, 6) is -0.456. The Hall–Kier alpha value is -3.99. The van der Waals surface area contributed by atoms with Gasteiger partial charge in [0, 0.05) is 24.1 Å². The van der Waals surface area contributed by atoms with E-state index in [-0.39, 0.29) is 24.4 Å². The molecule has 8 heteroatoms. The lowest BCUT2D eigenvalue weighted by molar-refractivity contribution is -0.115. The molecule has 30 heavy (non-hydrogen) atoms. The van der Waals surface area contributed by atoms with E-state index in [1.54, 1.807) is 12.1 Å². The molecule has 0 aliphatic heterocycles. The molecule has 150 valence electrons. The number of amides is 1. The third-order valence-electron chi connectivity index (χ3n) is 4.90. The zero-order valence-corrected chi connectivity index (χ0v) is 16.6. The van der Waals surface area contributed by atoms with Crippen molar-refractivity contribution in [3.8, 4) is 6.07 Å². The van der Waals surface area contributed by atoms with Gasteiger partial charge in [-0.1, -0.05) is 18.2 Å². The predicted molar refractivity (Wildman–Crippen MR) is 110 cm³/mol. The van der Waals surface area contributed by atoms with Gasteiger partial charge >= 0.3 is 0 Å². The zero-order valence-electron chi connectivity index (χ0n) is 16.6. The Morgan fingerprint density at radius 3 is 2.80 bits per heavy atom. The van der Waals surface area contributed by atoms with E-state index in [1.165, 1.54) is 34.1 Å². The van der Waals surface area contributed by atoms with E-state index in [0.717, 1.165) is 11.1 Å². The number of halogens is 1. The van der Waals surface area contributed by atoms with Crippen LogP contribution in [0, 0.1) is 24.1 Å². The van der Waals surface area contributed by atoms with Gasteiger partial charge in [0.05, 0.1) is 24.7 Å². The topological polar surface area (TPSA) is 88.5 Å². The van der Waals surface area contributed by atoms with Crippen LogP contribution in [0.4, 0.5) is 10.2 Å². The van der Waals surface area contributed by atoms with Gasteiger partial charge in [0.15, 0.2) is 5.82 Å². The highest BCUT2D eigenvalue weighted by Gasteiger charge is 2.10. The first-order valence-electron chi connectivity index (χ1n) is 9.36. The van der Waals surface area contributed by atoms with Gasteiger partial charge in [-0.05, 0) is 41.8 Å². The van der Waals surface area contributed by atoms with E-state index in [2.05, 4.69) is 28.6 Å². The van der Waals surface area contributed by atoms with Crippen LogP contribution >= 0.6 is 0 Å². The number of aryl methyl sites for hydroxylation is 2. The number of nitrogens with one attached hydrogen (secondary N) is 1. The van der Waals surface area contributed by atoms with E-state index < -0.39 is 5.82 Å². The molecule has 0 atom stereocenters. The molecule has 0 radical (unpaired) electrons. The number of anilines is 1. The Kier molecular flexibility index (Phi) is 5.02. The summed E-state index contributed by atoms with van der Waals surface area (Å²) < 4.78 is 15.8. The Balaban J connectivity index is 1.41. The van der Waals surface area contributed by atoms with E-state index >= 15 is 0 Å². The summed E-state index contributed by atoms with van der Waals surface area (Å²) in [5, 5.41) is 21.0. The van der Waals surface area contributed by atoms with E-state index in [4.69, 9.17) is 5.26 Å². The molecular formula is C22H19FN6O. The third kappa shape index (κ3) is 3.91. The third-order valence-corrected chi connectivity index (χ3v) is 4.90. The Morgan fingerprint density at radius 1 is 1.23 bits per heavy atom. The van der Waals surface area contributed by atoms with Crippen LogP contribution in [-0.4, -0.2) is 25.5 Å². The monoisotopic (exact) mass is 402 g/mol. The number of aromatic nitrogens is 4. The highest BCUT2D eigenvalue weighted by molar-refractivity contribution is 5.92. The molecule has 1 amide bonds. The van der Waals surface area contributed by atoms with Gasteiger partial charge in [0.1, 0.15) is 11.9 Å². The molecule has 0 spiro atoms. The van der Waals surface area contributed by atoms with E-state index in [0.29, 0.717) is 11.4 Å². The smallest absolute Gasteiger partial charge is 0.230 e. The van der Waals surface area contributed by atoms with Crippen LogP contribution < -0.4 is 5.32 Å². The zero-order chi connectivity index (χ0) is 21.3. The SMILES string of the molecule is Cc1cn(C)c2cc(CC(=O)Nc3cnn(Cc4ccc(C#N)c(F)c4)n3)ccc12. The van der Waals surface area contributed by atoms with Crippen LogP contribution in [0.3, 0.4) is 0 Å². The van der Waals surface area contributed by atoms with Crippen molar-refractivity contribution in [3.63, 3.8) is 0 Å². The van der Waals surface area contributed by atoms with Gasteiger partial charge in [-0.25, -0.2) is 4.39 Å². The van der Waals surface area contributed by atoms with Crippen molar-refractivity contribution in [1.82, 2.24) is 19.6 Å². The Labute approximate surface area is 172 Å². The molecule has 0 saturated carbocycles. The summed E-state index contributed by atoms with van der Waals surface area (Å²) in [5.41, 5.74) is 3.79. The van der Waals surface area contributed by atoms with Crippen LogP contribution in [0.25, 0.3) is 10.9 Å². The fourth-order valence-corrected chi connectivity index (χ4v) is 3.46. The number of carbonyl (C=O) groups excluding carboxylic acids is 1. The lowest BCUT2D eigenvalue weighted by atomic mass is 10.1. The second-order valence-corrected chi connectivity index (χ2v) is 7.19. The maximum absolute atomic E-state index is 13.7. The quantitative estimate of drug-likeness (QED) is 0.555. The summed E-state index contributed by atoms with van der Waals surface area (Å²) in [4.78, 5) is 13.8. The minimum absolute atomic E-state index is 0.0104. The van der Waals surface area contributed by atoms with Crippen molar-refractivity contribution in [3.05, 3.63) is 76.9 Å². The normalized spacial score (nSPS) is 10.9. The van der Waals surface area contributed by atoms with Crippen molar-refractivity contribution in [2.45, 2.75) is 19.9 Å². The largest absolute Gasteiger partial charge is 0.350 e. The van der Waals surface area contributed by atoms with Gasteiger partial charge in [0.2, 0.25) is 5.91 Å². The van der Waals surface area contributed by atoms with Crippen LogP contribution in [0.2, 0.25) is 0 Å². The number of carbonyl (C=O) groups is 1. The first-order chi connectivity index (χ1) is 14.4. The average molecular weight is 402 g/mol. The number of nitrogens with zero attached hydrogens (tertiary/aromatic N) is 5.